The van der Waals surface area contributed by atoms with Gasteiger partial charge in [-0.1, -0.05) is 30.3 Å². The summed E-state index contributed by atoms with van der Waals surface area (Å²) in [5.41, 5.74) is 1.37. The van der Waals surface area contributed by atoms with Crippen molar-refractivity contribution >= 4 is 5.91 Å². The number of halogens is 3. The molecule has 2 aromatic carbocycles. The first-order chi connectivity index (χ1) is 14.8. The first-order valence-corrected chi connectivity index (χ1v) is 9.44. The van der Waals surface area contributed by atoms with Crippen molar-refractivity contribution in [2.24, 2.45) is 0 Å². The second-order valence-corrected chi connectivity index (χ2v) is 7.00. The average Bonchev–Trinajstić information content (AvgIpc) is 3.43. The topological polar surface area (TPSA) is 51.3 Å². The molecule has 0 saturated heterocycles. The monoisotopic (exact) mass is 425 g/mol. The number of carbonyl (C=O) groups is 1. The first kappa shape index (κ1) is 20.5. The SMILES string of the molecule is CN(Cc1ccc(C(F)(F)F)cc1)C(=O)c1cc(-c2ccco2)nn1-c1ccccc1. The van der Waals surface area contributed by atoms with Crippen molar-refractivity contribution in [1.29, 1.82) is 0 Å². The van der Waals surface area contributed by atoms with Gasteiger partial charge in [0.1, 0.15) is 11.4 Å². The molecule has 0 spiro atoms. The molecule has 0 unspecified atom stereocenters. The fourth-order valence-electron chi connectivity index (χ4n) is 3.18. The van der Waals surface area contributed by atoms with Gasteiger partial charge in [0.25, 0.3) is 5.91 Å². The van der Waals surface area contributed by atoms with Gasteiger partial charge >= 0.3 is 6.18 Å². The van der Waals surface area contributed by atoms with Gasteiger partial charge in [-0.05, 0) is 42.0 Å². The van der Waals surface area contributed by atoms with E-state index in [-0.39, 0.29) is 12.5 Å². The van der Waals surface area contributed by atoms with E-state index in [9.17, 15) is 18.0 Å². The summed E-state index contributed by atoms with van der Waals surface area (Å²) >= 11 is 0. The summed E-state index contributed by atoms with van der Waals surface area (Å²) in [6, 6.07) is 19.1. The predicted molar refractivity (Wildman–Crippen MR) is 109 cm³/mol. The van der Waals surface area contributed by atoms with E-state index in [1.54, 1.807) is 25.2 Å². The molecule has 4 aromatic rings. The van der Waals surface area contributed by atoms with Gasteiger partial charge < -0.3 is 9.32 Å². The van der Waals surface area contributed by atoms with E-state index in [4.69, 9.17) is 4.42 Å². The van der Waals surface area contributed by atoms with Crippen molar-refractivity contribution in [3.8, 4) is 17.1 Å². The Balaban J connectivity index is 1.62. The molecule has 0 bridgehead atoms. The van der Waals surface area contributed by atoms with Crippen LogP contribution in [0.2, 0.25) is 0 Å². The zero-order valence-corrected chi connectivity index (χ0v) is 16.5. The van der Waals surface area contributed by atoms with Gasteiger partial charge in [0.15, 0.2) is 5.76 Å². The van der Waals surface area contributed by atoms with Crippen LogP contribution in [0.5, 0.6) is 0 Å². The maximum Gasteiger partial charge on any atom is 0.416 e. The molecule has 5 nitrogen and oxygen atoms in total. The summed E-state index contributed by atoms with van der Waals surface area (Å²) < 4.78 is 45.3. The average molecular weight is 425 g/mol. The Morgan fingerprint density at radius 3 is 2.35 bits per heavy atom. The molecule has 0 N–H and O–H groups in total. The van der Waals surface area contributed by atoms with Crippen LogP contribution in [0.4, 0.5) is 13.2 Å². The molecular formula is C23H18F3N3O2. The summed E-state index contributed by atoms with van der Waals surface area (Å²) in [4.78, 5) is 14.6. The summed E-state index contributed by atoms with van der Waals surface area (Å²) in [7, 11) is 1.59. The summed E-state index contributed by atoms with van der Waals surface area (Å²) in [6.45, 7) is 0.146. The second kappa shape index (κ2) is 8.14. The highest BCUT2D eigenvalue weighted by Crippen LogP contribution is 2.29. The highest BCUT2D eigenvalue weighted by molar-refractivity contribution is 5.94. The molecule has 0 fully saturated rings. The molecule has 158 valence electrons. The Morgan fingerprint density at radius 2 is 1.74 bits per heavy atom. The Kier molecular flexibility index (Phi) is 5.37. The van der Waals surface area contributed by atoms with Crippen LogP contribution in [0, 0.1) is 0 Å². The Morgan fingerprint density at radius 1 is 1.03 bits per heavy atom. The van der Waals surface area contributed by atoms with Gasteiger partial charge in [0.2, 0.25) is 0 Å². The number of hydrogen-bond donors (Lipinski definition) is 0. The van der Waals surface area contributed by atoms with Gasteiger partial charge in [0, 0.05) is 19.7 Å². The van der Waals surface area contributed by atoms with Crippen molar-refractivity contribution in [2.75, 3.05) is 7.05 Å². The summed E-state index contributed by atoms with van der Waals surface area (Å²) in [6.07, 6.45) is -2.88. The highest BCUT2D eigenvalue weighted by Gasteiger charge is 2.30. The number of alkyl halides is 3. The van der Waals surface area contributed by atoms with E-state index in [0.29, 0.717) is 28.4 Å². The lowest BCUT2D eigenvalue weighted by atomic mass is 10.1. The van der Waals surface area contributed by atoms with E-state index < -0.39 is 11.7 Å². The third-order valence-electron chi connectivity index (χ3n) is 4.75. The molecule has 4 rings (SSSR count). The van der Waals surface area contributed by atoms with Crippen LogP contribution >= 0.6 is 0 Å². The third-order valence-corrected chi connectivity index (χ3v) is 4.75. The number of carbonyl (C=O) groups excluding carboxylic acids is 1. The minimum Gasteiger partial charge on any atom is -0.463 e. The number of furan rings is 1. The second-order valence-electron chi connectivity index (χ2n) is 7.00. The van der Waals surface area contributed by atoms with Crippen LogP contribution in [0.25, 0.3) is 17.1 Å². The van der Waals surface area contributed by atoms with Crippen LogP contribution in [-0.4, -0.2) is 27.6 Å². The van der Waals surface area contributed by atoms with Crippen LogP contribution in [0.1, 0.15) is 21.6 Å². The Bertz CT molecular complexity index is 1170. The number of nitrogens with zero attached hydrogens (tertiary/aromatic N) is 3. The maximum atomic E-state index is 13.2. The Hall–Kier alpha value is -3.81. The molecule has 8 heteroatoms. The first-order valence-electron chi connectivity index (χ1n) is 9.44. The van der Waals surface area contributed by atoms with Crippen molar-refractivity contribution < 1.29 is 22.4 Å². The van der Waals surface area contributed by atoms with E-state index in [0.717, 1.165) is 12.1 Å². The maximum absolute atomic E-state index is 13.2. The molecule has 0 saturated carbocycles. The molecule has 0 atom stereocenters. The van der Waals surface area contributed by atoms with Crippen LogP contribution in [0.3, 0.4) is 0 Å². The van der Waals surface area contributed by atoms with E-state index in [2.05, 4.69) is 5.10 Å². The van der Waals surface area contributed by atoms with Crippen LogP contribution in [-0.2, 0) is 12.7 Å². The predicted octanol–water partition coefficient (Wildman–Crippen LogP) is 5.42. The van der Waals surface area contributed by atoms with Crippen molar-refractivity contribution in [3.63, 3.8) is 0 Å². The molecule has 0 aliphatic heterocycles. The molecule has 0 radical (unpaired) electrons. The molecule has 2 heterocycles. The van der Waals surface area contributed by atoms with E-state index in [1.165, 1.54) is 28.0 Å². The Labute approximate surface area is 176 Å². The standard InChI is InChI=1S/C23H18F3N3O2/c1-28(15-16-9-11-17(12-10-16)23(24,25)26)22(30)20-14-19(21-8-5-13-31-21)27-29(20)18-6-3-2-4-7-18/h2-14H,15H2,1H3. The number of aromatic nitrogens is 2. The number of amides is 1. The van der Waals surface area contributed by atoms with Crippen molar-refractivity contribution in [2.45, 2.75) is 12.7 Å². The normalized spacial score (nSPS) is 11.5. The fourth-order valence-corrected chi connectivity index (χ4v) is 3.18. The van der Waals surface area contributed by atoms with E-state index >= 15 is 0 Å². The van der Waals surface area contributed by atoms with Gasteiger partial charge in [-0.15, -0.1) is 0 Å². The largest absolute Gasteiger partial charge is 0.463 e. The van der Waals surface area contributed by atoms with Gasteiger partial charge in [-0.2, -0.15) is 18.3 Å². The number of hydrogen-bond acceptors (Lipinski definition) is 3. The smallest absolute Gasteiger partial charge is 0.416 e. The lowest BCUT2D eigenvalue weighted by Crippen LogP contribution is -2.28. The van der Waals surface area contributed by atoms with Gasteiger partial charge in [-0.25, -0.2) is 4.68 Å². The number of rotatable bonds is 5. The lowest BCUT2D eigenvalue weighted by Gasteiger charge is -2.18. The van der Waals surface area contributed by atoms with Crippen molar-refractivity contribution in [3.05, 3.63) is 95.9 Å². The van der Waals surface area contributed by atoms with E-state index in [1.807, 2.05) is 30.3 Å². The van der Waals surface area contributed by atoms with Gasteiger partial charge in [0.05, 0.1) is 17.5 Å². The minimum atomic E-state index is -4.40. The number of benzene rings is 2. The highest BCUT2D eigenvalue weighted by atomic mass is 19.4. The van der Waals surface area contributed by atoms with Crippen LogP contribution < -0.4 is 0 Å². The zero-order chi connectivity index (χ0) is 22.0. The minimum absolute atomic E-state index is 0.146. The molecule has 0 aliphatic rings. The molecule has 31 heavy (non-hydrogen) atoms. The quantitative estimate of drug-likeness (QED) is 0.429. The molecule has 0 aliphatic carbocycles. The molecule has 2 aromatic heterocycles. The lowest BCUT2D eigenvalue weighted by molar-refractivity contribution is -0.137. The summed E-state index contributed by atoms with van der Waals surface area (Å²) in [5, 5.41) is 4.52. The molecular weight excluding hydrogens is 407 g/mol. The summed E-state index contributed by atoms with van der Waals surface area (Å²) in [5.74, 6) is 0.197. The fraction of sp³-hybridized carbons (Fsp3) is 0.130. The number of para-hydroxylation sites is 1. The third kappa shape index (κ3) is 4.37. The van der Waals surface area contributed by atoms with Crippen molar-refractivity contribution in [1.82, 2.24) is 14.7 Å². The zero-order valence-electron chi connectivity index (χ0n) is 16.5. The van der Waals surface area contributed by atoms with Crippen LogP contribution in [0.15, 0.2) is 83.5 Å². The molecule has 1 amide bonds. The van der Waals surface area contributed by atoms with Gasteiger partial charge in [-0.3, -0.25) is 4.79 Å².